The lowest BCUT2D eigenvalue weighted by atomic mass is 10.2. The molecule has 1 heterocycles. The van der Waals surface area contributed by atoms with Gasteiger partial charge in [0.1, 0.15) is 12.0 Å². The molecule has 74 valence electrons. The molecule has 0 saturated heterocycles. The second kappa shape index (κ2) is 3.57. The van der Waals surface area contributed by atoms with Crippen molar-refractivity contribution in [1.82, 2.24) is 4.98 Å². The highest BCUT2D eigenvalue weighted by Gasteiger charge is 2.40. The molecule has 0 radical (unpaired) electrons. The summed E-state index contributed by atoms with van der Waals surface area (Å²) in [6.45, 7) is 0. The monoisotopic (exact) mass is 203 g/mol. The number of aromatic nitrogens is 1. The van der Waals surface area contributed by atoms with Gasteiger partial charge in [-0.25, -0.2) is 0 Å². The van der Waals surface area contributed by atoms with Crippen LogP contribution in [0.25, 0.3) is 0 Å². The van der Waals surface area contributed by atoms with Gasteiger partial charge >= 0.3 is 6.18 Å². The van der Waals surface area contributed by atoms with Crippen molar-refractivity contribution in [3.05, 3.63) is 29.6 Å². The Kier molecular flexibility index (Phi) is 2.64. The summed E-state index contributed by atoms with van der Waals surface area (Å²) < 4.78 is 35.7. The highest BCUT2D eigenvalue weighted by atomic mass is 19.4. The van der Waals surface area contributed by atoms with Crippen molar-refractivity contribution in [3.8, 4) is 0 Å². The second-order valence-corrected chi connectivity index (χ2v) is 2.42. The lowest BCUT2D eigenvalue weighted by Gasteiger charge is -2.03. The third-order valence-electron chi connectivity index (χ3n) is 1.41. The number of halogens is 3. The Morgan fingerprint density at radius 1 is 1.43 bits per heavy atom. The number of hydrogen-bond acceptors (Lipinski definition) is 3. The van der Waals surface area contributed by atoms with E-state index in [2.05, 4.69) is 4.98 Å². The maximum Gasteiger partial charge on any atom is 0.456 e. The first-order chi connectivity index (χ1) is 6.45. The fraction of sp³-hybridized carbons (Fsp3) is 0.125. The van der Waals surface area contributed by atoms with E-state index in [9.17, 15) is 22.8 Å². The molecule has 1 rings (SSSR count). The van der Waals surface area contributed by atoms with E-state index in [1.165, 1.54) is 6.07 Å². The van der Waals surface area contributed by atoms with Crippen molar-refractivity contribution in [2.45, 2.75) is 6.18 Å². The second-order valence-electron chi connectivity index (χ2n) is 2.42. The molecule has 6 heteroatoms. The van der Waals surface area contributed by atoms with Gasteiger partial charge in [-0.3, -0.25) is 14.6 Å². The minimum atomic E-state index is -4.96. The van der Waals surface area contributed by atoms with Crippen LogP contribution in [0.2, 0.25) is 0 Å². The molecule has 14 heavy (non-hydrogen) atoms. The minimum absolute atomic E-state index is 0.0207. The van der Waals surface area contributed by atoms with E-state index in [4.69, 9.17) is 0 Å². The van der Waals surface area contributed by atoms with E-state index in [1.54, 1.807) is 0 Å². The van der Waals surface area contributed by atoms with Crippen LogP contribution in [0, 0.1) is 0 Å². The average Bonchev–Trinajstić information content (AvgIpc) is 2.15. The molecule has 1 aromatic heterocycles. The van der Waals surface area contributed by atoms with E-state index < -0.39 is 17.7 Å². The van der Waals surface area contributed by atoms with Crippen LogP contribution >= 0.6 is 0 Å². The number of carbonyl (C=O) groups excluding carboxylic acids is 2. The number of Topliss-reactive ketones (excluding diaryl/α,β-unsaturated/α-hetero) is 1. The molecule has 0 aliphatic heterocycles. The number of rotatable bonds is 2. The molecule has 0 unspecified atom stereocenters. The quantitative estimate of drug-likeness (QED) is 0.542. The zero-order chi connectivity index (χ0) is 10.8. The Morgan fingerprint density at radius 3 is 2.57 bits per heavy atom. The molecule has 0 saturated carbocycles. The van der Waals surface area contributed by atoms with Crippen molar-refractivity contribution < 1.29 is 22.8 Å². The van der Waals surface area contributed by atoms with Gasteiger partial charge in [-0.05, 0) is 12.1 Å². The zero-order valence-electron chi connectivity index (χ0n) is 6.71. The van der Waals surface area contributed by atoms with Gasteiger partial charge in [0.25, 0.3) is 5.78 Å². The summed E-state index contributed by atoms with van der Waals surface area (Å²) in [7, 11) is 0. The predicted molar refractivity (Wildman–Crippen MR) is 40.0 cm³/mol. The van der Waals surface area contributed by atoms with Crippen LogP contribution in [0.4, 0.5) is 13.2 Å². The normalized spacial score (nSPS) is 11.1. The SMILES string of the molecule is O=Cc1ccnc(C(=O)C(F)(F)F)c1. The van der Waals surface area contributed by atoms with Crippen LogP contribution in [0.5, 0.6) is 0 Å². The molecule has 0 aromatic carbocycles. The van der Waals surface area contributed by atoms with Crippen molar-refractivity contribution >= 4 is 12.1 Å². The fourth-order valence-electron chi connectivity index (χ4n) is 0.790. The molecule has 0 atom stereocenters. The van der Waals surface area contributed by atoms with Crippen molar-refractivity contribution in [2.75, 3.05) is 0 Å². The Balaban J connectivity index is 3.08. The molecule has 0 aliphatic rings. The maximum atomic E-state index is 11.9. The van der Waals surface area contributed by atoms with E-state index in [0.29, 0.717) is 6.29 Å². The van der Waals surface area contributed by atoms with E-state index >= 15 is 0 Å². The first-order valence-corrected chi connectivity index (χ1v) is 3.48. The summed E-state index contributed by atoms with van der Waals surface area (Å²) >= 11 is 0. The standard InChI is InChI=1S/C8H4F3NO2/c9-8(10,11)7(14)6-3-5(4-13)1-2-12-6/h1-4H. The van der Waals surface area contributed by atoms with Crippen LogP contribution < -0.4 is 0 Å². The summed E-state index contributed by atoms with van der Waals surface area (Å²) in [6.07, 6.45) is -3.65. The topological polar surface area (TPSA) is 47.0 Å². The number of aldehydes is 1. The molecule has 0 amide bonds. The first kappa shape index (κ1) is 10.4. The number of hydrogen-bond donors (Lipinski definition) is 0. The van der Waals surface area contributed by atoms with Gasteiger partial charge in [-0.15, -0.1) is 0 Å². The smallest absolute Gasteiger partial charge is 0.298 e. The van der Waals surface area contributed by atoms with Gasteiger partial charge in [-0.2, -0.15) is 13.2 Å². The van der Waals surface area contributed by atoms with Crippen molar-refractivity contribution in [2.24, 2.45) is 0 Å². The number of carbonyl (C=O) groups is 2. The highest BCUT2D eigenvalue weighted by Crippen LogP contribution is 2.20. The number of alkyl halides is 3. The molecule has 0 N–H and O–H groups in total. The van der Waals surface area contributed by atoms with E-state index in [-0.39, 0.29) is 5.56 Å². The lowest BCUT2D eigenvalue weighted by molar-refractivity contribution is -0.0888. The highest BCUT2D eigenvalue weighted by molar-refractivity contribution is 5.99. The molecule has 3 nitrogen and oxygen atoms in total. The van der Waals surface area contributed by atoms with Crippen molar-refractivity contribution in [3.63, 3.8) is 0 Å². The van der Waals surface area contributed by atoms with E-state index in [0.717, 1.165) is 12.3 Å². The van der Waals surface area contributed by atoms with Gasteiger partial charge in [0.05, 0.1) is 0 Å². The van der Waals surface area contributed by atoms with Gasteiger partial charge in [0.15, 0.2) is 0 Å². The number of pyridine rings is 1. The Labute approximate surface area is 76.6 Å². The Morgan fingerprint density at radius 2 is 2.07 bits per heavy atom. The van der Waals surface area contributed by atoms with Crippen molar-refractivity contribution in [1.29, 1.82) is 0 Å². The van der Waals surface area contributed by atoms with Crippen LogP contribution in [0.1, 0.15) is 20.8 Å². The molecule has 1 aromatic rings. The Hall–Kier alpha value is -1.72. The summed E-state index contributed by atoms with van der Waals surface area (Å²) in [5, 5.41) is 0. The van der Waals surface area contributed by atoms with E-state index in [1.807, 2.05) is 0 Å². The zero-order valence-corrected chi connectivity index (χ0v) is 6.71. The number of ketones is 1. The molecule has 0 aliphatic carbocycles. The van der Waals surface area contributed by atoms with Crippen LogP contribution in [0.3, 0.4) is 0 Å². The summed E-state index contributed by atoms with van der Waals surface area (Å²) in [6, 6.07) is 2.00. The van der Waals surface area contributed by atoms with Crippen LogP contribution in [-0.2, 0) is 0 Å². The van der Waals surface area contributed by atoms with Gasteiger partial charge in [-0.1, -0.05) is 0 Å². The molecule has 0 bridgehead atoms. The fourth-order valence-corrected chi connectivity index (χ4v) is 0.790. The van der Waals surface area contributed by atoms with Crippen LogP contribution in [-0.4, -0.2) is 23.2 Å². The maximum absolute atomic E-state index is 11.9. The molecular formula is C8H4F3NO2. The number of nitrogens with zero attached hydrogens (tertiary/aromatic N) is 1. The van der Waals surface area contributed by atoms with Gasteiger partial charge < -0.3 is 0 Å². The molecule has 0 spiro atoms. The lowest BCUT2D eigenvalue weighted by Crippen LogP contribution is -2.23. The third-order valence-corrected chi connectivity index (χ3v) is 1.41. The Bertz CT molecular complexity index is 373. The first-order valence-electron chi connectivity index (χ1n) is 3.48. The summed E-state index contributed by atoms with van der Waals surface area (Å²) in [4.78, 5) is 24.1. The summed E-state index contributed by atoms with van der Waals surface area (Å²) in [5.41, 5.74) is -0.797. The summed E-state index contributed by atoms with van der Waals surface area (Å²) in [5.74, 6) is -2.05. The van der Waals surface area contributed by atoms with Gasteiger partial charge in [0.2, 0.25) is 0 Å². The average molecular weight is 203 g/mol. The van der Waals surface area contributed by atoms with Gasteiger partial charge in [0, 0.05) is 11.8 Å². The minimum Gasteiger partial charge on any atom is -0.298 e. The largest absolute Gasteiger partial charge is 0.456 e. The predicted octanol–water partition coefficient (Wildman–Crippen LogP) is 1.64. The third kappa shape index (κ3) is 2.15. The molecule has 0 fully saturated rings. The van der Waals surface area contributed by atoms with Crippen LogP contribution in [0.15, 0.2) is 18.3 Å². The molecular weight excluding hydrogens is 199 g/mol.